The number of nitrogens with one attached hydrogen (secondary N) is 2. The summed E-state index contributed by atoms with van der Waals surface area (Å²) in [5, 5.41) is 0. The average Bonchev–Trinajstić information content (AvgIpc) is 2.88. The molecule has 2 aliphatic rings. The number of ether oxygens (including phenoxy) is 1. The molecule has 4 atom stereocenters. The Bertz CT molecular complexity index is 398. The predicted octanol–water partition coefficient (Wildman–Crippen LogP) is 1.18. The molecule has 104 valence electrons. The van der Waals surface area contributed by atoms with E-state index in [0.29, 0.717) is 30.7 Å². The molecule has 4 unspecified atom stereocenters. The number of hydrogen-bond donors (Lipinski definition) is 3. The fourth-order valence-corrected chi connectivity index (χ4v) is 3.30. The Balaban J connectivity index is 1.50. The predicted molar refractivity (Wildman–Crippen MR) is 75.3 cm³/mol. The van der Waals surface area contributed by atoms with E-state index in [2.05, 4.69) is 35.1 Å². The molecule has 0 amide bonds. The fraction of sp³-hybridized carbons (Fsp3) is 0.600. The van der Waals surface area contributed by atoms with E-state index in [1.54, 1.807) is 0 Å². The van der Waals surface area contributed by atoms with Crippen molar-refractivity contribution in [2.75, 3.05) is 6.54 Å². The summed E-state index contributed by atoms with van der Waals surface area (Å²) >= 11 is 0. The van der Waals surface area contributed by atoms with E-state index in [-0.39, 0.29) is 0 Å². The molecule has 2 fully saturated rings. The first-order valence-electron chi connectivity index (χ1n) is 7.23. The Morgan fingerprint density at radius 3 is 2.79 bits per heavy atom. The van der Waals surface area contributed by atoms with Crippen LogP contribution < -0.4 is 16.6 Å². The molecule has 3 rings (SSSR count). The Morgan fingerprint density at radius 2 is 2.00 bits per heavy atom. The molecule has 1 saturated heterocycles. The molecule has 4 heteroatoms. The molecule has 0 radical (unpaired) electrons. The minimum Gasteiger partial charge on any atom is -0.373 e. The van der Waals surface area contributed by atoms with E-state index >= 15 is 0 Å². The van der Waals surface area contributed by atoms with Gasteiger partial charge in [0.2, 0.25) is 0 Å². The van der Waals surface area contributed by atoms with Crippen LogP contribution in [0.4, 0.5) is 0 Å². The van der Waals surface area contributed by atoms with Gasteiger partial charge in [0.1, 0.15) is 0 Å². The van der Waals surface area contributed by atoms with Gasteiger partial charge in [0, 0.05) is 18.6 Å². The highest BCUT2D eigenvalue weighted by atomic mass is 16.5. The topological polar surface area (TPSA) is 59.3 Å². The second-order valence-corrected chi connectivity index (χ2v) is 5.63. The fourth-order valence-electron chi connectivity index (χ4n) is 3.30. The van der Waals surface area contributed by atoms with Crippen molar-refractivity contribution in [2.45, 2.75) is 44.1 Å². The van der Waals surface area contributed by atoms with Gasteiger partial charge < -0.3 is 10.5 Å². The highest BCUT2D eigenvalue weighted by molar-refractivity contribution is 5.13. The second-order valence-electron chi connectivity index (χ2n) is 5.63. The maximum atomic E-state index is 6.05. The van der Waals surface area contributed by atoms with Gasteiger partial charge in [0.25, 0.3) is 0 Å². The molecule has 0 spiro atoms. The van der Waals surface area contributed by atoms with Crippen LogP contribution in [0.1, 0.15) is 24.8 Å². The lowest BCUT2D eigenvalue weighted by Gasteiger charge is -2.32. The Labute approximate surface area is 114 Å². The maximum Gasteiger partial charge on any atom is 0.0720 e. The number of nitrogens with two attached hydrogens (primary N) is 1. The van der Waals surface area contributed by atoms with Crippen LogP contribution in [0, 0.1) is 5.92 Å². The first kappa shape index (κ1) is 13.1. The smallest absolute Gasteiger partial charge is 0.0720 e. The zero-order valence-corrected chi connectivity index (χ0v) is 11.2. The van der Waals surface area contributed by atoms with Gasteiger partial charge in [-0.15, -0.1) is 0 Å². The van der Waals surface area contributed by atoms with Crippen LogP contribution in [0.25, 0.3) is 0 Å². The van der Waals surface area contributed by atoms with Gasteiger partial charge in [-0.3, -0.25) is 10.9 Å². The molecule has 1 aromatic carbocycles. The van der Waals surface area contributed by atoms with E-state index in [1.165, 1.54) is 12.0 Å². The van der Waals surface area contributed by atoms with Crippen molar-refractivity contribution >= 4 is 0 Å². The molecule has 1 saturated carbocycles. The van der Waals surface area contributed by atoms with E-state index in [0.717, 1.165) is 19.4 Å². The van der Waals surface area contributed by atoms with Gasteiger partial charge in [0.05, 0.1) is 12.7 Å². The molecule has 1 aliphatic heterocycles. The van der Waals surface area contributed by atoms with Gasteiger partial charge >= 0.3 is 0 Å². The van der Waals surface area contributed by atoms with Crippen LogP contribution in [0.5, 0.6) is 0 Å². The third-order valence-electron chi connectivity index (χ3n) is 4.41. The zero-order valence-electron chi connectivity index (χ0n) is 11.2. The molecule has 0 aromatic heterocycles. The van der Waals surface area contributed by atoms with Gasteiger partial charge in [-0.05, 0) is 30.7 Å². The number of hydrogen-bond acceptors (Lipinski definition) is 4. The normalized spacial score (nSPS) is 34.2. The highest BCUT2D eigenvalue weighted by Gasteiger charge is 2.39. The Kier molecular flexibility index (Phi) is 4.13. The summed E-state index contributed by atoms with van der Waals surface area (Å²) in [4.78, 5) is 0. The lowest BCUT2D eigenvalue weighted by atomic mass is 9.80. The van der Waals surface area contributed by atoms with Crippen LogP contribution >= 0.6 is 0 Å². The number of fused-ring (bicyclic) bond motifs is 1. The number of rotatable bonds is 4. The molecule has 4 N–H and O–H groups in total. The molecule has 1 heterocycles. The first-order valence-corrected chi connectivity index (χ1v) is 7.23. The highest BCUT2D eigenvalue weighted by Crippen LogP contribution is 2.31. The van der Waals surface area contributed by atoms with Crippen molar-refractivity contribution in [2.24, 2.45) is 11.7 Å². The summed E-state index contributed by atoms with van der Waals surface area (Å²) in [7, 11) is 0. The largest absolute Gasteiger partial charge is 0.373 e. The number of benzene rings is 1. The molecular weight excluding hydrogens is 238 g/mol. The Hall–Kier alpha value is -0.940. The minimum atomic E-state index is 0.368. The summed E-state index contributed by atoms with van der Waals surface area (Å²) in [6, 6.07) is 11.3. The lowest BCUT2D eigenvalue weighted by molar-refractivity contribution is 0.00100. The lowest BCUT2D eigenvalue weighted by Crippen LogP contribution is -2.39. The van der Waals surface area contributed by atoms with Crippen LogP contribution in [-0.4, -0.2) is 24.7 Å². The van der Waals surface area contributed by atoms with Crippen LogP contribution in [-0.2, 0) is 11.3 Å². The third kappa shape index (κ3) is 2.98. The van der Waals surface area contributed by atoms with Crippen molar-refractivity contribution in [1.29, 1.82) is 0 Å². The molecular formula is C15H23N3O. The summed E-state index contributed by atoms with van der Waals surface area (Å²) < 4.78 is 6.05. The second kappa shape index (κ2) is 6.01. The van der Waals surface area contributed by atoms with Crippen LogP contribution in [0.3, 0.4) is 0 Å². The third-order valence-corrected chi connectivity index (χ3v) is 4.41. The number of hydrazine groups is 1. The zero-order chi connectivity index (χ0) is 13.1. The van der Waals surface area contributed by atoms with E-state index in [4.69, 9.17) is 10.5 Å². The minimum absolute atomic E-state index is 0.368. The van der Waals surface area contributed by atoms with E-state index in [1.807, 2.05) is 6.07 Å². The summed E-state index contributed by atoms with van der Waals surface area (Å²) in [6.45, 7) is 1.43. The van der Waals surface area contributed by atoms with Crippen molar-refractivity contribution in [1.82, 2.24) is 10.9 Å². The summed E-state index contributed by atoms with van der Waals surface area (Å²) in [5.74, 6) is 0.668. The van der Waals surface area contributed by atoms with Gasteiger partial charge in [-0.25, -0.2) is 0 Å². The molecule has 1 aliphatic carbocycles. The van der Waals surface area contributed by atoms with Crippen LogP contribution in [0.2, 0.25) is 0 Å². The quantitative estimate of drug-likeness (QED) is 0.761. The van der Waals surface area contributed by atoms with E-state index < -0.39 is 0 Å². The monoisotopic (exact) mass is 261 g/mol. The van der Waals surface area contributed by atoms with Gasteiger partial charge in [-0.2, -0.15) is 0 Å². The van der Waals surface area contributed by atoms with Crippen molar-refractivity contribution in [3.8, 4) is 0 Å². The van der Waals surface area contributed by atoms with Crippen molar-refractivity contribution in [3.05, 3.63) is 35.9 Å². The molecule has 1 aromatic rings. The first-order chi connectivity index (χ1) is 9.36. The molecule has 19 heavy (non-hydrogen) atoms. The van der Waals surface area contributed by atoms with E-state index in [9.17, 15) is 0 Å². The Morgan fingerprint density at radius 1 is 1.16 bits per heavy atom. The van der Waals surface area contributed by atoms with Gasteiger partial charge in [-0.1, -0.05) is 30.3 Å². The SMILES string of the molecule is NCC1NNC2CC(OCc3ccccc3)CCC12. The molecule has 4 nitrogen and oxygen atoms in total. The summed E-state index contributed by atoms with van der Waals surface area (Å²) in [5.41, 5.74) is 13.7. The van der Waals surface area contributed by atoms with Crippen molar-refractivity contribution < 1.29 is 4.74 Å². The molecule has 0 bridgehead atoms. The van der Waals surface area contributed by atoms with Gasteiger partial charge in [0.15, 0.2) is 0 Å². The summed E-state index contributed by atoms with van der Waals surface area (Å²) in [6.07, 6.45) is 3.80. The maximum absolute atomic E-state index is 6.05. The standard InChI is InChI=1S/C15H23N3O/c16-9-15-13-7-6-12(8-14(13)17-18-15)19-10-11-4-2-1-3-5-11/h1-5,12-15,17-18H,6-10,16H2. The average molecular weight is 261 g/mol. The van der Waals surface area contributed by atoms with Crippen molar-refractivity contribution in [3.63, 3.8) is 0 Å². The van der Waals surface area contributed by atoms with Crippen LogP contribution in [0.15, 0.2) is 30.3 Å².